The summed E-state index contributed by atoms with van der Waals surface area (Å²) < 4.78 is 5.17. The third-order valence-electron chi connectivity index (χ3n) is 1.54. The highest BCUT2D eigenvalue weighted by Crippen LogP contribution is 2.09. The molecule has 15 heavy (non-hydrogen) atoms. The Morgan fingerprint density at radius 1 is 1.53 bits per heavy atom. The number of amides is 1. The van der Waals surface area contributed by atoms with E-state index in [9.17, 15) is 9.90 Å². The van der Waals surface area contributed by atoms with Gasteiger partial charge in [-0.25, -0.2) is 4.79 Å². The van der Waals surface area contributed by atoms with Crippen molar-refractivity contribution in [2.75, 3.05) is 19.6 Å². The van der Waals surface area contributed by atoms with Crippen LogP contribution in [-0.4, -0.2) is 47.4 Å². The zero-order valence-electron chi connectivity index (χ0n) is 9.99. The maximum absolute atomic E-state index is 11.6. The van der Waals surface area contributed by atoms with Gasteiger partial charge in [-0.1, -0.05) is 0 Å². The number of nitrogens with two attached hydrogens (primary N) is 1. The molecule has 0 radical (unpaired) electrons. The van der Waals surface area contributed by atoms with E-state index >= 15 is 0 Å². The molecule has 0 bridgehead atoms. The lowest BCUT2D eigenvalue weighted by atomic mass is 10.2. The number of aliphatic hydroxyl groups excluding tert-OH is 1. The third kappa shape index (κ3) is 7.16. The first-order valence-corrected chi connectivity index (χ1v) is 5.12. The molecule has 5 heteroatoms. The zero-order chi connectivity index (χ0) is 12.1. The molecule has 0 aromatic heterocycles. The number of nitrogens with zero attached hydrogens (tertiary/aromatic N) is 1. The molecular weight excluding hydrogens is 196 g/mol. The van der Waals surface area contributed by atoms with E-state index in [1.165, 1.54) is 4.90 Å². The third-order valence-corrected chi connectivity index (χ3v) is 1.54. The molecule has 0 spiro atoms. The van der Waals surface area contributed by atoms with Gasteiger partial charge in [0.25, 0.3) is 0 Å². The van der Waals surface area contributed by atoms with E-state index in [1.807, 2.05) is 0 Å². The second-order valence-electron chi connectivity index (χ2n) is 4.56. The Balaban J connectivity index is 4.28. The number of hydrogen-bond acceptors (Lipinski definition) is 4. The lowest BCUT2D eigenvalue weighted by molar-refractivity contribution is 0.0169. The fourth-order valence-electron chi connectivity index (χ4n) is 1.06. The molecule has 90 valence electrons. The molecule has 0 aliphatic rings. The Morgan fingerprint density at radius 3 is 2.40 bits per heavy atom. The standard InChI is InChI=1S/C10H22N2O3/c1-8(13)7-12(6-5-11)9(14)15-10(2,3)4/h8,13H,5-7,11H2,1-4H3/t8-/m1/s1. The molecule has 1 amide bonds. The Bertz CT molecular complexity index is 199. The van der Waals surface area contributed by atoms with E-state index < -0.39 is 17.8 Å². The van der Waals surface area contributed by atoms with Crippen molar-refractivity contribution >= 4 is 6.09 Å². The average Bonchev–Trinajstić information content (AvgIpc) is 1.99. The molecule has 0 saturated carbocycles. The van der Waals surface area contributed by atoms with Gasteiger partial charge in [-0.2, -0.15) is 0 Å². The number of ether oxygens (including phenoxy) is 1. The number of aliphatic hydroxyl groups is 1. The van der Waals surface area contributed by atoms with Crippen LogP contribution in [0.15, 0.2) is 0 Å². The Hall–Kier alpha value is -0.810. The van der Waals surface area contributed by atoms with Gasteiger partial charge in [0.2, 0.25) is 0 Å². The predicted octanol–water partition coefficient (Wildman–Crippen LogP) is 0.563. The monoisotopic (exact) mass is 218 g/mol. The molecule has 0 saturated heterocycles. The summed E-state index contributed by atoms with van der Waals surface area (Å²) in [4.78, 5) is 13.0. The predicted molar refractivity (Wildman–Crippen MR) is 58.5 cm³/mol. The highest BCUT2D eigenvalue weighted by Gasteiger charge is 2.22. The molecule has 5 nitrogen and oxygen atoms in total. The first kappa shape index (κ1) is 14.2. The van der Waals surface area contributed by atoms with Crippen LogP contribution in [0.1, 0.15) is 27.7 Å². The van der Waals surface area contributed by atoms with Crippen LogP contribution in [0.4, 0.5) is 4.79 Å². The van der Waals surface area contributed by atoms with Crippen LogP contribution in [-0.2, 0) is 4.74 Å². The van der Waals surface area contributed by atoms with E-state index in [0.29, 0.717) is 13.1 Å². The van der Waals surface area contributed by atoms with E-state index in [0.717, 1.165) is 0 Å². The first-order valence-electron chi connectivity index (χ1n) is 5.12. The second-order valence-corrected chi connectivity index (χ2v) is 4.56. The van der Waals surface area contributed by atoms with Crippen molar-refractivity contribution in [1.82, 2.24) is 4.90 Å². The number of carbonyl (C=O) groups excluding carboxylic acids is 1. The van der Waals surface area contributed by atoms with E-state index in [1.54, 1.807) is 27.7 Å². The van der Waals surface area contributed by atoms with Crippen LogP contribution >= 0.6 is 0 Å². The Labute approximate surface area is 91.2 Å². The van der Waals surface area contributed by atoms with Gasteiger partial charge in [-0.15, -0.1) is 0 Å². The smallest absolute Gasteiger partial charge is 0.410 e. The van der Waals surface area contributed by atoms with Crippen molar-refractivity contribution in [2.45, 2.75) is 39.4 Å². The van der Waals surface area contributed by atoms with Crippen LogP contribution in [0, 0.1) is 0 Å². The van der Waals surface area contributed by atoms with Gasteiger partial charge in [0, 0.05) is 19.6 Å². The van der Waals surface area contributed by atoms with E-state index in [-0.39, 0.29) is 6.54 Å². The summed E-state index contributed by atoms with van der Waals surface area (Å²) in [7, 11) is 0. The van der Waals surface area contributed by atoms with Crippen LogP contribution in [0.25, 0.3) is 0 Å². The van der Waals surface area contributed by atoms with Crippen molar-refractivity contribution in [3.05, 3.63) is 0 Å². The van der Waals surface area contributed by atoms with Crippen molar-refractivity contribution < 1.29 is 14.6 Å². The molecule has 0 aromatic rings. The minimum absolute atomic E-state index is 0.242. The summed E-state index contributed by atoms with van der Waals surface area (Å²) in [5.41, 5.74) is 4.85. The lowest BCUT2D eigenvalue weighted by Gasteiger charge is -2.27. The minimum Gasteiger partial charge on any atom is -0.444 e. The fourth-order valence-corrected chi connectivity index (χ4v) is 1.06. The van der Waals surface area contributed by atoms with Crippen LogP contribution in [0.5, 0.6) is 0 Å². The second kappa shape index (κ2) is 5.92. The van der Waals surface area contributed by atoms with Gasteiger partial charge in [-0.3, -0.25) is 0 Å². The van der Waals surface area contributed by atoms with Gasteiger partial charge in [-0.05, 0) is 27.7 Å². The van der Waals surface area contributed by atoms with Crippen molar-refractivity contribution in [3.8, 4) is 0 Å². The maximum Gasteiger partial charge on any atom is 0.410 e. The van der Waals surface area contributed by atoms with Gasteiger partial charge >= 0.3 is 6.09 Å². The quantitative estimate of drug-likeness (QED) is 0.723. The Morgan fingerprint density at radius 2 is 2.07 bits per heavy atom. The summed E-state index contributed by atoms with van der Waals surface area (Å²) in [6, 6.07) is 0. The molecule has 3 N–H and O–H groups in total. The molecule has 0 unspecified atom stereocenters. The fraction of sp³-hybridized carbons (Fsp3) is 0.900. The molecule has 1 atom stereocenters. The summed E-state index contributed by atoms with van der Waals surface area (Å²) in [6.07, 6.45) is -1.02. The average molecular weight is 218 g/mol. The van der Waals surface area contributed by atoms with Crippen molar-refractivity contribution in [3.63, 3.8) is 0 Å². The summed E-state index contributed by atoms with van der Waals surface area (Å²) in [5.74, 6) is 0. The van der Waals surface area contributed by atoms with Gasteiger partial charge in [0.15, 0.2) is 0 Å². The van der Waals surface area contributed by atoms with E-state index in [2.05, 4.69) is 0 Å². The zero-order valence-corrected chi connectivity index (χ0v) is 9.99. The number of hydrogen-bond donors (Lipinski definition) is 2. The molecule has 0 heterocycles. The van der Waals surface area contributed by atoms with Crippen molar-refractivity contribution in [1.29, 1.82) is 0 Å². The highest BCUT2D eigenvalue weighted by atomic mass is 16.6. The van der Waals surface area contributed by atoms with Gasteiger partial charge < -0.3 is 20.5 Å². The summed E-state index contributed by atoms with van der Waals surface area (Å²) in [5, 5.41) is 9.21. The molecule has 0 rings (SSSR count). The molecule has 0 aromatic carbocycles. The largest absolute Gasteiger partial charge is 0.444 e. The van der Waals surface area contributed by atoms with E-state index in [4.69, 9.17) is 10.5 Å². The minimum atomic E-state index is -0.580. The first-order chi connectivity index (χ1) is 6.76. The van der Waals surface area contributed by atoms with Crippen LogP contribution < -0.4 is 5.73 Å². The molecular formula is C10H22N2O3. The summed E-state index contributed by atoms with van der Waals surface area (Å²) in [6.45, 7) is 8.00. The number of carbonyl (C=O) groups is 1. The lowest BCUT2D eigenvalue weighted by Crippen LogP contribution is -2.42. The van der Waals surface area contributed by atoms with Gasteiger partial charge in [0.1, 0.15) is 5.60 Å². The van der Waals surface area contributed by atoms with Crippen LogP contribution in [0.3, 0.4) is 0 Å². The van der Waals surface area contributed by atoms with Crippen molar-refractivity contribution in [2.24, 2.45) is 5.73 Å². The SMILES string of the molecule is C[C@@H](O)CN(CCN)C(=O)OC(C)(C)C. The normalized spacial score (nSPS) is 13.5. The summed E-state index contributed by atoms with van der Waals surface area (Å²) >= 11 is 0. The molecule has 0 aliphatic heterocycles. The maximum atomic E-state index is 11.6. The molecule has 0 fully saturated rings. The Kier molecular flexibility index (Phi) is 5.60. The van der Waals surface area contributed by atoms with Gasteiger partial charge in [0.05, 0.1) is 6.10 Å². The number of rotatable bonds is 4. The topological polar surface area (TPSA) is 75.8 Å². The van der Waals surface area contributed by atoms with Crippen LogP contribution in [0.2, 0.25) is 0 Å². The highest BCUT2D eigenvalue weighted by molar-refractivity contribution is 5.68. The molecule has 0 aliphatic carbocycles.